The molecule has 0 amide bonds. The molecule has 3 rings (SSSR count). The number of aliphatic hydroxyl groups excluding tert-OH is 1. The molecule has 0 unspecified atom stereocenters. The van der Waals surface area contributed by atoms with Crippen LogP contribution >= 0.6 is 0 Å². The smallest absolute Gasteiger partial charge is 0.334 e. The number of rotatable bonds is 7. The summed E-state index contributed by atoms with van der Waals surface area (Å²) in [6.07, 6.45) is 3.37. The number of carbonyl (C=O) groups is 1. The molecule has 9 heteroatoms. The van der Waals surface area contributed by atoms with Gasteiger partial charge in [-0.2, -0.15) is 10.1 Å². The van der Waals surface area contributed by atoms with Gasteiger partial charge in [-0.05, 0) is 17.7 Å². The number of hydrogen-bond donors (Lipinski definition) is 3. The van der Waals surface area contributed by atoms with Gasteiger partial charge in [0.1, 0.15) is 0 Å². The first kappa shape index (κ1) is 17.4. The van der Waals surface area contributed by atoms with Crippen molar-refractivity contribution in [2.75, 3.05) is 12.4 Å². The molecular weight excluding hydrogens is 338 g/mol. The molecule has 1 aromatic carbocycles. The Hall–Kier alpha value is -3.46. The van der Waals surface area contributed by atoms with E-state index in [1.807, 2.05) is 24.3 Å². The summed E-state index contributed by atoms with van der Waals surface area (Å²) in [6.45, 7) is -0.120. The number of methoxy groups -OCH3 is 1. The van der Waals surface area contributed by atoms with E-state index >= 15 is 0 Å². The van der Waals surface area contributed by atoms with Crippen LogP contribution in [0, 0.1) is 0 Å². The Morgan fingerprint density at radius 3 is 2.96 bits per heavy atom. The highest BCUT2D eigenvalue weighted by Gasteiger charge is 2.14. The number of aliphatic carboxylic acids is 1. The number of aromatic nitrogens is 4. The first-order valence-corrected chi connectivity index (χ1v) is 7.73. The minimum Gasteiger partial charge on any atom is -0.481 e. The molecule has 0 aliphatic heterocycles. The molecule has 0 aliphatic rings. The van der Waals surface area contributed by atoms with Crippen LogP contribution in [0.1, 0.15) is 0 Å². The Balaban J connectivity index is 1.77. The van der Waals surface area contributed by atoms with Crippen molar-refractivity contribution in [3.63, 3.8) is 0 Å². The lowest BCUT2D eigenvalue weighted by molar-refractivity contribution is -0.147. The number of nitrogens with one attached hydrogen (secondary N) is 1. The van der Waals surface area contributed by atoms with Crippen LogP contribution in [0.5, 0.6) is 5.88 Å². The molecule has 0 bridgehead atoms. The second kappa shape index (κ2) is 7.62. The summed E-state index contributed by atoms with van der Waals surface area (Å²) in [5.74, 6) is -0.426. The maximum absolute atomic E-state index is 10.7. The Morgan fingerprint density at radius 1 is 1.35 bits per heavy atom. The number of aliphatic hydroxyl groups is 1. The minimum absolute atomic E-state index is 0.120. The quantitative estimate of drug-likeness (QED) is 0.583. The van der Waals surface area contributed by atoms with Gasteiger partial charge in [0.15, 0.2) is 6.10 Å². The number of carboxylic acids is 1. The summed E-state index contributed by atoms with van der Waals surface area (Å²) in [6, 6.07) is 9.16. The zero-order valence-electron chi connectivity index (χ0n) is 13.9. The summed E-state index contributed by atoms with van der Waals surface area (Å²) in [5, 5.41) is 25.4. The molecule has 2 heterocycles. The van der Waals surface area contributed by atoms with E-state index in [1.54, 1.807) is 24.7 Å². The van der Waals surface area contributed by atoms with Gasteiger partial charge in [-0.15, -0.1) is 0 Å². The van der Waals surface area contributed by atoms with Gasteiger partial charge in [-0.1, -0.05) is 12.1 Å². The fourth-order valence-corrected chi connectivity index (χ4v) is 2.29. The Morgan fingerprint density at radius 2 is 2.19 bits per heavy atom. The van der Waals surface area contributed by atoms with Crippen LogP contribution < -0.4 is 10.1 Å². The molecule has 2 aromatic heterocycles. The predicted octanol–water partition coefficient (Wildman–Crippen LogP) is 1.54. The van der Waals surface area contributed by atoms with Crippen molar-refractivity contribution in [2.45, 2.75) is 12.6 Å². The summed E-state index contributed by atoms with van der Waals surface area (Å²) < 4.78 is 6.46. The van der Waals surface area contributed by atoms with Gasteiger partial charge in [0.2, 0.25) is 11.8 Å². The molecule has 134 valence electrons. The monoisotopic (exact) mass is 355 g/mol. The van der Waals surface area contributed by atoms with Crippen LogP contribution in [0.4, 0.5) is 11.6 Å². The number of nitrogens with zero attached hydrogens (tertiary/aromatic N) is 4. The van der Waals surface area contributed by atoms with Gasteiger partial charge in [0.05, 0.1) is 19.9 Å². The number of anilines is 2. The van der Waals surface area contributed by atoms with E-state index in [-0.39, 0.29) is 6.54 Å². The highest BCUT2D eigenvalue weighted by molar-refractivity contribution is 5.72. The first-order chi connectivity index (χ1) is 12.5. The molecule has 1 atom stereocenters. The van der Waals surface area contributed by atoms with Gasteiger partial charge >= 0.3 is 5.97 Å². The van der Waals surface area contributed by atoms with Gasteiger partial charge in [-0.25, -0.2) is 9.78 Å². The Kier molecular flexibility index (Phi) is 5.09. The van der Waals surface area contributed by atoms with Gasteiger partial charge in [-0.3, -0.25) is 4.68 Å². The lowest BCUT2D eigenvalue weighted by Gasteiger charge is -2.07. The van der Waals surface area contributed by atoms with Crippen molar-refractivity contribution in [2.24, 2.45) is 0 Å². The average Bonchev–Trinajstić information content (AvgIpc) is 3.10. The summed E-state index contributed by atoms with van der Waals surface area (Å²) in [7, 11) is 1.53. The van der Waals surface area contributed by atoms with Gasteiger partial charge in [0.25, 0.3) is 0 Å². The number of carboxylic acid groups (broad SMARTS) is 1. The van der Waals surface area contributed by atoms with Crippen LogP contribution in [-0.2, 0) is 11.3 Å². The van der Waals surface area contributed by atoms with Crippen molar-refractivity contribution in [3.8, 4) is 17.0 Å². The number of hydrogen-bond acceptors (Lipinski definition) is 7. The maximum Gasteiger partial charge on any atom is 0.334 e. The van der Waals surface area contributed by atoms with E-state index in [4.69, 9.17) is 9.84 Å². The summed E-state index contributed by atoms with van der Waals surface area (Å²) >= 11 is 0. The number of ether oxygens (including phenoxy) is 1. The molecule has 0 aliphatic carbocycles. The first-order valence-electron chi connectivity index (χ1n) is 7.73. The third kappa shape index (κ3) is 4.14. The van der Waals surface area contributed by atoms with E-state index in [1.165, 1.54) is 11.8 Å². The zero-order valence-corrected chi connectivity index (χ0v) is 13.9. The van der Waals surface area contributed by atoms with E-state index in [0.717, 1.165) is 16.8 Å². The van der Waals surface area contributed by atoms with E-state index in [2.05, 4.69) is 20.4 Å². The molecule has 3 aromatic rings. The fourth-order valence-electron chi connectivity index (χ4n) is 2.29. The molecule has 0 saturated carbocycles. The standard InChI is InChI=1S/C17H17N5O4/c1-26-15-5-6-18-17(21-15)20-13-4-2-3-11(7-13)12-8-19-22(9-12)10-14(23)16(24)25/h2-9,14,23H,10H2,1H3,(H,24,25)(H,18,20,21)/t14-/m1/s1. The van der Waals surface area contributed by atoms with Gasteiger partial charge < -0.3 is 20.3 Å². The van der Waals surface area contributed by atoms with Crippen LogP contribution in [0.25, 0.3) is 11.1 Å². The van der Waals surface area contributed by atoms with Gasteiger partial charge in [0, 0.05) is 29.7 Å². The van der Waals surface area contributed by atoms with Crippen molar-refractivity contribution in [1.82, 2.24) is 19.7 Å². The average molecular weight is 355 g/mol. The Labute approximate surface area is 148 Å². The van der Waals surface area contributed by atoms with E-state index < -0.39 is 12.1 Å². The maximum atomic E-state index is 10.7. The molecule has 0 saturated heterocycles. The summed E-state index contributed by atoms with van der Waals surface area (Å²) in [4.78, 5) is 19.1. The topological polar surface area (TPSA) is 122 Å². The van der Waals surface area contributed by atoms with Crippen molar-refractivity contribution in [1.29, 1.82) is 0 Å². The van der Waals surface area contributed by atoms with Crippen LogP contribution in [-0.4, -0.2) is 49.1 Å². The second-order valence-electron chi connectivity index (χ2n) is 5.43. The normalized spacial score (nSPS) is 11.8. The van der Waals surface area contributed by atoms with E-state index in [0.29, 0.717) is 11.8 Å². The second-order valence-corrected chi connectivity index (χ2v) is 5.43. The van der Waals surface area contributed by atoms with Crippen LogP contribution in [0.3, 0.4) is 0 Å². The highest BCUT2D eigenvalue weighted by Crippen LogP contribution is 2.24. The SMILES string of the molecule is COc1ccnc(Nc2cccc(-c3cnn(C[C@@H](O)C(=O)O)c3)c2)n1. The largest absolute Gasteiger partial charge is 0.481 e. The lowest BCUT2D eigenvalue weighted by Crippen LogP contribution is -2.25. The third-order valence-electron chi connectivity index (χ3n) is 3.57. The summed E-state index contributed by atoms with van der Waals surface area (Å²) in [5.41, 5.74) is 2.43. The Bertz CT molecular complexity index is 911. The molecule has 0 fully saturated rings. The van der Waals surface area contributed by atoms with Crippen molar-refractivity contribution < 1.29 is 19.7 Å². The lowest BCUT2D eigenvalue weighted by atomic mass is 10.1. The predicted molar refractivity (Wildman–Crippen MR) is 93.2 cm³/mol. The highest BCUT2D eigenvalue weighted by atomic mass is 16.5. The molecule has 9 nitrogen and oxygen atoms in total. The third-order valence-corrected chi connectivity index (χ3v) is 3.57. The van der Waals surface area contributed by atoms with E-state index in [9.17, 15) is 9.90 Å². The molecular formula is C17H17N5O4. The van der Waals surface area contributed by atoms with Crippen LogP contribution in [0.15, 0.2) is 48.9 Å². The zero-order chi connectivity index (χ0) is 18.5. The molecule has 0 radical (unpaired) electrons. The van der Waals surface area contributed by atoms with Crippen molar-refractivity contribution in [3.05, 3.63) is 48.9 Å². The molecule has 0 spiro atoms. The van der Waals surface area contributed by atoms with Crippen molar-refractivity contribution >= 4 is 17.6 Å². The van der Waals surface area contributed by atoms with Crippen LogP contribution in [0.2, 0.25) is 0 Å². The molecule has 26 heavy (non-hydrogen) atoms. The fraction of sp³-hybridized carbons (Fsp3) is 0.176. The minimum atomic E-state index is -1.50. The number of benzene rings is 1. The molecule has 3 N–H and O–H groups in total.